The molecule has 0 aliphatic carbocycles. The number of aryl methyl sites for hydroxylation is 2. The molecule has 0 radical (unpaired) electrons. The quantitative estimate of drug-likeness (QED) is 0.680. The van der Waals surface area contributed by atoms with Crippen LogP contribution < -0.4 is 5.69 Å². The maximum absolute atomic E-state index is 12.1. The van der Waals surface area contributed by atoms with Gasteiger partial charge in [-0.15, -0.1) is 11.8 Å². The molecule has 1 saturated heterocycles. The molecule has 4 rings (SSSR count). The first-order chi connectivity index (χ1) is 12.5. The van der Waals surface area contributed by atoms with Crippen LogP contribution in [0.4, 0.5) is 0 Å². The van der Waals surface area contributed by atoms with Gasteiger partial charge in [0.25, 0.3) is 0 Å². The number of imidazole rings is 1. The van der Waals surface area contributed by atoms with Gasteiger partial charge in [0.2, 0.25) is 0 Å². The molecule has 1 aromatic heterocycles. The smallest absolute Gasteiger partial charge is 0.298 e. The normalized spacial score (nSPS) is 18.0. The fourth-order valence-electron chi connectivity index (χ4n) is 3.68. The van der Waals surface area contributed by atoms with Crippen molar-refractivity contribution in [1.82, 2.24) is 14.0 Å². The zero-order valence-corrected chi connectivity index (χ0v) is 16.6. The molecule has 26 heavy (non-hydrogen) atoms. The molecular formula is C20H22ClN3OS. The van der Waals surface area contributed by atoms with Gasteiger partial charge in [0.15, 0.2) is 0 Å². The van der Waals surface area contributed by atoms with E-state index >= 15 is 0 Å². The van der Waals surface area contributed by atoms with E-state index in [0.29, 0.717) is 5.25 Å². The molecule has 0 saturated carbocycles. The van der Waals surface area contributed by atoms with Crippen LogP contribution in [0.5, 0.6) is 0 Å². The molecule has 1 fully saturated rings. The second-order valence-corrected chi connectivity index (χ2v) is 8.75. The zero-order chi connectivity index (χ0) is 18.3. The van der Waals surface area contributed by atoms with E-state index in [9.17, 15) is 4.79 Å². The lowest BCUT2D eigenvalue weighted by Crippen LogP contribution is -2.20. The molecule has 0 N–H and O–H groups in total. The average molecular weight is 388 g/mol. The van der Waals surface area contributed by atoms with Crippen molar-refractivity contribution in [3.8, 4) is 0 Å². The van der Waals surface area contributed by atoms with Crippen LogP contribution in [0.25, 0.3) is 11.0 Å². The number of aromatic nitrogens is 2. The highest BCUT2D eigenvalue weighted by atomic mass is 35.5. The van der Waals surface area contributed by atoms with E-state index in [2.05, 4.69) is 29.2 Å². The van der Waals surface area contributed by atoms with E-state index in [-0.39, 0.29) is 5.69 Å². The standard InChI is InChI=1S/C20H22ClN3OS/c1-22-18-7-6-14(10-19(18)23(2)20(22)25)12-24-9-8-17(13-24)26-16-5-3-4-15(21)11-16/h3-7,10-11,17H,8-9,12-13H2,1-2H3. The molecule has 2 aromatic carbocycles. The van der Waals surface area contributed by atoms with Crippen LogP contribution in [0.2, 0.25) is 5.02 Å². The van der Waals surface area contributed by atoms with Crippen LogP contribution in [0.1, 0.15) is 12.0 Å². The van der Waals surface area contributed by atoms with Gasteiger partial charge < -0.3 is 0 Å². The SMILES string of the molecule is Cn1c(=O)n(C)c2cc(CN3CCC(Sc4cccc(Cl)c4)C3)ccc21. The Kier molecular flexibility index (Phi) is 4.86. The number of nitrogens with zero attached hydrogens (tertiary/aromatic N) is 3. The minimum atomic E-state index is 0.0244. The number of thioether (sulfide) groups is 1. The monoisotopic (exact) mass is 387 g/mol. The Hall–Kier alpha value is -1.69. The fraction of sp³-hybridized carbons (Fsp3) is 0.350. The Morgan fingerprint density at radius 1 is 1.12 bits per heavy atom. The summed E-state index contributed by atoms with van der Waals surface area (Å²) in [4.78, 5) is 15.8. The maximum Gasteiger partial charge on any atom is 0.328 e. The molecule has 136 valence electrons. The average Bonchev–Trinajstić information content (AvgIpc) is 3.14. The Morgan fingerprint density at radius 3 is 2.73 bits per heavy atom. The number of hydrogen-bond donors (Lipinski definition) is 0. The van der Waals surface area contributed by atoms with Gasteiger partial charge in [-0.2, -0.15) is 0 Å². The summed E-state index contributed by atoms with van der Waals surface area (Å²) in [5, 5.41) is 1.39. The topological polar surface area (TPSA) is 30.2 Å². The summed E-state index contributed by atoms with van der Waals surface area (Å²) in [5.74, 6) is 0. The number of hydrogen-bond acceptors (Lipinski definition) is 3. The Bertz CT molecular complexity index is 1010. The first-order valence-electron chi connectivity index (χ1n) is 8.80. The third kappa shape index (κ3) is 3.43. The number of fused-ring (bicyclic) bond motifs is 1. The Morgan fingerprint density at radius 2 is 1.92 bits per heavy atom. The minimum absolute atomic E-state index is 0.0244. The maximum atomic E-state index is 12.1. The van der Waals surface area contributed by atoms with Crippen molar-refractivity contribution in [2.24, 2.45) is 14.1 Å². The van der Waals surface area contributed by atoms with Crippen molar-refractivity contribution < 1.29 is 0 Å². The number of rotatable bonds is 4. The van der Waals surface area contributed by atoms with Crippen molar-refractivity contribution >= 4 is 34.4 Å². The predicted molar refractivity (Wildman–Crippen MR) is 109 cm³/mol. The van der Waals surface area contributed by atoms with Crippen LogP contribution in [0, 0.1) is 0 Å². The van der Waals surface area contributed by atoms with E-state index in [1.165, 1.54) is 16.9 Å². The lowest BCUT2D eigenvalue weighted by atomic mass is 10.2. The van der Waals surface area contributed by atoms with Crippen molar-refractivity contribution in [1.29, 1.82) is 0 Å². The number of benzene rings is 2. The van der Waals surface area contributed by atoms with Crippen LogP contribution in [-0.2, 0) is 20.6 Å². The summed E-state index contributed by atoms with van der Waals surface area (Å²) < 4.78 is 3.42. The highest BCUT2D eigenvalue weighted by Gasteiger charge is 2.23. The Labute approximate surface area is 162 Å². The molecule has 0 amide bonds. The molecule has 1 atom stereocenters. The third-order valence-corrected chi connectivity index (χ3v) is 6.55. The van der Waals surface area contributed by atoms with Crippen LogP contribution in [-0.4, -0.2) is 32.4 Å². The van der Waals surface area contributed by atoms with Gasteiger partial charge in [-0.05, 0) is 48.9 Å². The van der Waals surface area contributed by atoms with Gasteiger partial charge in [-0.1, -0.05) is 23.7 Å². The molecule has 1 aliphatic rings. The molecule has 6 heteroatoms. The lowest BCUT2D eigenvalue weighted by Gasteiger charge is -2.16. The molecule has 1 aliphatic heterocycles. The van der Waals surface area contributed by atoms with Crippen molar-refractivity contribution in [2.75, 3.05) is 13.1 Å². The third-order valence-electron chi connectivity index (χ3n) is 5.07. The summed E-state index contributed by atoms with van der Waals surface area (Å²) in [6.45, 7) is 3.10. The molecule has 3 aromatic rings. The molecule has 2 heterocycles. The van der Waals surface area contributed by atoms with Gasteiger partial charge in [0, 0.05) is 42.4 Å². The number of halogens is 1. The lowest BCUT2D eigenvalue weighted by molar-refractivity contribution is 0.332. The molecule has 0 bridgehead atoms. The largest absolute Gasteiger partial charge is 0.328 e. The summed E-state index contributed by atoms with van der Waals surface area (Å²) in [7, 11) is 3.66. The van der Waals surface area contributed by atoms with E-state index in [0.717, 1.165) is 35.7 Å². The van der Waals surface area contributed by atoms with Gasteiger partial charge in [0.1, 0.15) is 0 Å². The van der Waals surface area contributed by atoms with Gasteiger partial charge in [0.05, 0.1) is 11.0 Å². The molecule has 4 nitrogen and oxygen atoms in total. The fourth-order valence-corrected chi connectivity index (χ4v) is 5.18. The highest BCUT2D eigenvalue weighted by Crippen LogP contribution is 2.31. The van der Waals surface area contributed by atoms with Gasteiger partial charge >= 0.3 is 5.69 Å². The predicted octanol–water partition coefficient (Wildman–Crippen LogP) is 3.90. The van der Waals surface area contributed by atoms with Gasteiger partial charge in [-0.3, -0.25) is 14.0 Å². The summed E-state index contributed by atoms with van der Waals surface area (Å²) >= 11 is 8.00. The van der Waals surface area contributed by atoms with E-state index < -0.39 is 0 Å². The summed E-state index contributed by atoms with van der Waals surface area (Å²) in [6, 6.07) is 14.4. The van der Waals surface area contributed by atoms with E-state index in [4.69, 9.17) is 11.6 Å². The Balaban J connectivity index is 1.44. The summed E-state index contributed by atoms with van der Waals surface area (Å²) in [6.07, 6.45) is 1.18. The van der Waals surface area contributed by atoms with Crippen molar-refractivity contribution in [3.63, 3.8) is 0 Å². The molecule has 1 unspecified atom stereocenters. The number of likely N-dealkylation sites (tertiary alicyclic amines) is 1. The van der Waals surface area contributed by atoms with Crippen LogP contribution >= 0.6 is 23.4 Å². The van der Waals surface area contributed by atoms with Crippen LogP contribution in [0.15, 0.2) is 52.2 Å². The second-order valence-electron chi connectivity index (χ2n) is 6.94. The van der Waals surface area contributed by atoms with Crippen LogP contribution in [0.3, 0.4) is 0 Å². The zero-order valence-electron chi connectivity index (χ0n) is 15.0. The summed E-state index contributed by atoms with van der Waals surface area (Å²) in [5.41, 5.74) is 3.26. The first kappa shape index (κ1) is 17.7. The molecular weight excluding hydrogens is 366 g/mol. The minimum Gasteiger partial charge on any atom is -0.298 e. The van der Waals surface area contributed by atoms with Crippen molar-refractivity contribution in [3.05, 3.63) is 63.5 Å². The second kappa shape index (κ2) is 7.14. The highest BCUT2D eigenvalue weighted by molar-refractivity contribution is 8.00. The first-order valence-corrected chi connectivity index (χ1v) is 10.1. The van der Waals surface area contributed by atoms with E-state index in [1.54, 1.807) is 9.13 Å². The van der Waals surface area contributed by atoms with E-state index in [1.807, 2.05) is 44.1 Å². The molecule has 0 spiro atoms. The van der Waals surface area contributed by atoms with Crippen molar-refractivity contribution in [2.45, 2.75) is 23.1 Å². The van der Waals surface area contributed by atoms with Gasteiger partial charge in [-0.25, -0.2) is 4.79 Å².